The third kappa shape index (κ3) is 5.38. The average molecular weight is 450 g/mol. The lowest BCUT2D eigenvalue weighted by Gasteiger charge is -2.13. The predicted molar refractivity (Wildman–Crippen MR) is 107 cm³/mol. The number of carbonyl (C=O) groups is 2. The number of nitrogens with zero attached hydrogens (tertiary/aromatic N) is 2. The molecule has 2 rings (SSSR count). The van der Waals surface area contributed by atoms with Crippen LogP contribution in [0.4, 0.5) is 11.4 Å². The minimum absolute atomic E-state index is 0.00567. The van der Waals surface area contributed by atoms with Gasteiger partial charge < -0.3 is 24.4 Å². The van der Waals surface area contributed by atoms with Crippen molar-refractivity contribution in [1.82, 2.24) is 0 Å². The van der Waals surface area contributed by atoms with Crippen molar-refractivity contribution in [3.8, 4) is 17.2 Å². The molecule has 0 fully saturated rings. The minimum atomic E-state index is -1.49. The number of carboxylic acid groups (broad SMARTS) is 2. The molecule has 13 heteroatoms. The van der Waals surface area contributed by atoms with E-state index in [4.69, 9.17) is 24.4 Å². The van der Waals surface area contributed by atoms with Crippen LogP contribution in [0.5, 0.6) is 17.2 Å². The van der Waals surface area contributed by atoms with Gasteiger partial charge in [0.2, 0.25) is 0 Å². The van der Waals surface area contributed by atoms with E-state index in [1.807, 2.05) is 0 Å². The second kappa shape index (κ2) is 10.1. The quantitative estimate of drug-likeness (QED) is 0.291. The largest absolute Gasteiger partial charge is 0.493 e. The van der Waals surface area contributed by atoms with Gasteiger partial charge in [0, 0.05) is 12.5 Å². The summed E-state index contributed by atoms with van der Waals surface area (Å²) >= 11 is 0. The van der Waals surface area contributed by atoms with Gasteiger partial charge in [-0.2, -0.15) is 0 Å². The van der Waals surface area contributed by atoms with Crippen molar-refractivity contribution >= 4 is 23.3 Å². The maximum atomic E-state index is 11.2. The zero-order chi connectivity index (χ0) is 24.0. The summed E-state index contributed by atoms with van der Waals surface area (Å²) in [5, 5.41) is 40.4. The molecule has 0 amide bonds. The number of rotatable bonds is 11. The highest BCUT2D eigenvalue weighted by molar-refractivity contribution is 5.94. The molecule has 0 heterocycles. The summed E-state index contributed by atoms with van der Waals surface area (Å²) in [7, 11) is 1.25. The zero-order valence-corrected chi connectivity index (χ0v) is 16.9. The van der Waals surface area contributed by atoms with Crippen LogP contribution in [0.2, 0.25) is 0 Å². The van der Waals surface area contributed by atoms with Crippen LogP contribution >= 0.6 is 0 Å². The van der Waals surface area contributed by atoms with E-state index in [2.05, 4.69) is 0 Å². The Kier molecular flexibility index (Phi) is 7.50. The highest BCUT2D eigenvalue weighted by Crippen LogP contribution is 2.35. The first kappa shape index (κ1) is 23.9. The molecule has 32 heavy (non-hydrogen) atoms. The summed E-state index contributed by atoms with van der Waals surface area (Å²) in [4.78, 5) is 42.9. The Morgan fingerprint density at radius 1 is 0.844 bits per heavy atom. The van der Waals surface area contributed by atoms with E-state index in [1.54, 1.807) is 0 Å². The van der Waals surface area contributed by atoms with Gasteiger partial charge in [-0.1, -0.05) is 0 Å². The van der Waals surface area contributed by atoms with Crippen molar-refractivity contribution in [2.45, 2.75) is 13.3 Å². The van der Waals surface area contributed by atoms with Crippen molar-refractivity contribution in [2.24, 2.45) is 0 Å². The van der Waals surface area contributed by atoms with E-state index in [-0.39, 0.29) is 36.9 Å². The molecule has 0 aliphatic heterocycles. The number of hydrogen-bond donors (Lipinski definition) is 2. The van der Waals surface area contributed by atoms with Gasteiger partial charge >= 0.3 is 11.9 Å². The Morgan fingerprint density at radius 2 is 1.31 bits per heavy atom. The monoisotopic (exact) mass is 450 g/mol. The summed E-state index contributed by atoms with van der Waals surface area (Å²) in [5.41, 5.74) is -1.89. The number of carboxylic acids is 2. The Morgan fingerprint density at radius 3 is 1.78 bits per heavy atom. The molecule has 0 aliphatic carbocycles. The molecule has 0 spiro atoms. The van der Waals surface area contributed by atoms with Gasteiger partial charge in [-0.3, -0.25) is 20.2 Å². The summed E-state index contributed by atoms with van der Waals surface area (Å²) < 4.78 is 15.9. The lowest BCUT2D eigenvalue weighted by Crippen LogP contribution is -2.09. The molecule has 2 N–H and O–H groups in total. The molecule has 0 bridgehead atoms. The molecule has 0 saturated heterocycles. The number of benzene rings is 2. The van der Waals surface area contributed by atoms with Gasteiger partial charge in [-0.25, -0.2) is 9.59 Å². The molecule has 0 atom stereocenters. The van der Waals surface area contributed by atoms with Gasteiger partial charge in [0.15, 0.2) is 11.5 Å². The van der Waals surface area contributed by atoms with E-state index < -0.39 is 44.3 Å². The smallest absolute Gasteiger partial charge is 0.342 e. The van der Waals surface area contributed by atoms with Crippen molar-refractivity contribution < 1.29 is 43.9 Å². The minimum Gasteiger partial charge on any atom is -0.493 e. The number of nitro groups is 2. The van der Waals surface area contributed by atoms with Crippen LogP contribution in [0.1, 0.15) is 32.7 Å². The Labute approximate surface area is 180 Å². The lowest BCUT2D eigenvalue weighted by atomic mass is 10.1. The summed E-state index contributed by atoms with van der Waals surface area (Å²) in [6, 6.07) is 4.09. The van der Waals surface area contributed by atoms with Crippen molar-refractivity contribution in [3.63, 3.8) is 0 Å². The molecule has 170 valence electrons. The lowest BCUT2D eigenvalue weighted by molar-refractivity contribution is -0.385. The Hall–Kier alpha value is -4.42. The molecule has 0 unspecified atom stereocenters. The normalized spacial score (nSPS) is 10.3. The van der Waals surface area contributed by atoms with Crippen molar-refractivity contribution in [1.29, 1.82) is 0 Å². The molecule has 0 aliphatic rings. The van der Waals surface area contributed by atoms with E-state index in [1.165, 1.54) is 14.0 Å². The summed E-state index contributed by atoms with van der Waals surface area (Å²) in [6.07, 6.45) is 0.242. The van der Waals surface area contributed by atoms with Gasteiger partial charge in [0.25, 0.3) is 11.4 Å². The van der Waals surface area contributed by atoms with Gasteiger partial charge in [0.1, 0.15) is 16.9 Å². The first-order valence-corrected chi connectivity index (χ1v) is 8.94. The van der Waals surface area contributed by atoms with E-state index in [9.17, 15) is 29.8 Å². The summed E-state index contributed by atoms with van der Waals surface area (Å²) in [5.74, 6) is -2.85. The fraction of sp³-hybridized carbons (Fsp3) is 0.263. The van der Waals surface area contributed by atoms with Gasteiger partial charge in [-0.05, 0) is 18.6 Å². The molecular weight excluding hydrogens is 432 g/mol. The SMILES string of the molecule is COc1cc(C(=O)O)c([N+](=O)[O-])cc1OCCCOc1cc([N+](=O)[O-])c(C(=O)O)cc1C. The zero-order valence-electron chi connectivity index (χ0n) is 16.9. The number of hydrogen-bond acceptors (Lipinski definition) is 9. The van der Waals surface area contributed by atoms with Gasteiger partial charge in [-0.15, -0.1) is 0 Å². The van der Waals surface area contributed by atoms with E-state index in [0.717, 1.165) is 24.3 Å². The molecule has 0 aromatic heterocycles. The third-order valence-electron chi connectivity index (χ3n) is 4.23. The molecular formula is C19H18N2O11. The van der Waals surface area contributed by atoms with Crippen LogP contribution in [-0.4, -0.2) is 52.3 Å². The van der Waals surface area contributed by atoms with Crippen LogP contribution in [0.15, 0.2) is 24.3 Å². The number of aryl methyl sites for hydroxylation is 1. The fourth-order valence-corrected chi connectivity index (χ4v) is 2.72. The topological polar surface area (TPSA) is 189 Å². The predicted octanol–water partition coefficient (Wildman–Crippen LogP) is 3.06. The second-order valence-electron chi connectivity index (χ2n) is 6.33. The van der Waals surface area contributed by atoms with Crippen LogP contribution in [0.25, 0.3) is 0 Å². The average Bonchev–Trinajstić information content (AvgIpc) is 2.73. The molecule has 2 aromatic rings. The van der Waals surface area contributed by atoms with Gasteiger partial charge in [0.05, 0.1) is 42.3 Å². The van der Waals surface area contributed by atoms with E-state index >= 15 is 0 Å². The highest BCUT2D eigenvalue weighted by atomic mass is 16.6. The van der Waals surface area contributed by atoms with Crippen LogP contribution in [0.3, 0.4) is 0 Å². The number of methoxy groups -OCH3 is 1. The first-order chi connectivity index (χ1) is 15.1. The van der Waals surface area contributed by atoms with E-state index in [0.29, 0.717) is 5.56 Å². The van der Waals surface area contributed by atoms with Crippen LogP contribution < -0.4 is 14.2 Å². The second-order valence-corrected chi connectivity index (χ2v) is 6.33. The molecule has 2 aromatic carbocycles. The van der Waals surface area contributed by atoms with Crippen molar-refractivity contribution in [3.05, 3.63) is 61.2 Å². The van der Waals surface area contributed by atoms with Crippen molar-refractivity contribution in [2.75, 3.05) is 20.3 Å². The number of ether oxygens (including phenoxy) is 3. The Balaban J connectivity index is 2.07. The molecule has 0 radical (unpaired) electrons. The standard InChI is InChI=1S/C19H18N2O11/c1-10-6-11(18(22)23)13(20(26)27)8-15(10)31-4-3-5-32-17-9-14(21(28)29)12(19(24)25)7-16(17)30-2/h6-9H,3-5H2,1-2H3,(H,22,23)(H,24,25). The first-order valence-electron chi connectivity index (χ1n) is 8.94. The molecule has 13 nitrogen and oxygen atoms in total. The highest BCUT2D eigenvalue weighted by Gasteiger charge is 2.25. The summed E-state index contributed by atoms with van der Waals surface area (Å²) in [6.45, 7) is 1.56. The maximum Gasteiger partial charge on any atom is 0.342 e. The van der Waals surface area contributed by atoms with Crippen LogP contribution in [0, 0.1) is 27.2 Å². The number of aromatic carboxylic acids is 2. The maximum absolute atomic E-state index is 11.2. The third-order valence-corrected chi connectivity index (χ3v) is 4.23. The number of nitro benzene ring substituents is 2. The van der Waals surface area contributed by atoms with Crippen LogP contribution in [-0.2, 0) is 0 Å². The molecule has 0 saturated carbocycles. The fourth-order valence-electron chi connectivity index (χ4n) is 2.72. The Bertz CT molecular complexity index is 1080.